The van der Waals surface area contributed by atoms with Crippen LogP contribution in [0.3, 0.4) is 0 Å². The molecule has 0 amide bonds. The average Bonchev–Trinajstić information content (AvgIpc) is 2.09. The van der Waals surface area contributed by atoms with E-state index in [0.29, 0.717) is 12.5 Å². The zero-order chi connectivity index (χ0) is 9.84. The van der Waals surface area contributed by atoms with Crippen molar-refractivity contribution in [3.05, 3.63) is 0 Å². The lowest BCUT2D eigenvalue weighted by Crippen LogP contribution is -2.55. The van der Waals surface area contributed by atoms with Gasteiger partial charge >= 0.3 is 5.97 Å². The van der Waals surface area contributed by atoms with Crippen molar-refractivity contribution in [2.24, 2.45) is 0 Å². The number of rotatable bonds is 3. The number of carbonyl (C=O) groups is 1. The smallest absolute Gasteiger partial charge is 0.320 e. The van der Waals surface area contributed by atoms with Gasteiger partial charge < -0.3 is 10.4 Å². The maximum absolute atomic E-state index is 10.9. The van der Waals surface area contributed by atoms with E-state index in [0.717, 1.165) is 19.6 Å². The van der Waals surface area contributed by atoms with Crippen molar-refractivity contribution in [3.8, 4) is 0 Å². The van der Waals surface area contributed by atoms with Gasteiger partial charge in [0.2, 0.25) is 0 Å². The molecule has 4 nitrogen and oxygen atoms in total. The van der Waals surface area contributed by atoms with Gasteiger partial charge in [0.25, 0.3) is 0 Å². The normalized spacial score (nSPS) is 27.1. The first-order valence-electron chi connectivity index (χ1n) is 4.86. The Kier molecular flexibility index (Phi) is 3.69. The van der Waals surface area contributed by atoms with Crippen molar-refractivity contribution in [2.75, 3.05) is 19.6 Å². The van der Waals surface area contributed by atoms with Crippen LogP contribution in [0, 0.1) is 0 Å². The molecule has 0 aromatic carbocycles. The Morgan fingerprint density at radius 2 is 2.46 bits per heavy atom. The molecule has 2 N–H and O–H groups in total. The molecule has 1 fully saturated rings. The molecule has 1 aliphatic rings. The number of carboxylic acid groups (broad SMARTS) is 1. The Hall–Kier alpha value is -0.610. The molecule has 1 aliphatic heterocycles. The van der Waals surface area contributed by atoms with Gasteiger partial charge in [0.15, 0.2) is 0 Å². The molecule has 0 aromatic rings. The molecule has 0 radical (unpaired) electrons. The molecule has 13 heavy (non-hydrogen) atoms. The minimum absolute atomic E-state index is 0.308. The van der Waals surface area contributed by atoms with E-state index in [2.05, 4.69) is 17.1 Å². The second kappa shape index (κ2) is 4.58. The minimum atomic E-state index is -0.698. The van der Waals surface area contributed by atoms with E-state index < -0.39 is 5.97 Å². The largest absolute Gasteiger partial charge is 0.480 e. The summed E-state index contributed by atoms with van der Waals surface area (Å²) in [5.74, 6) is -0.698. The summed E-state index contributed by atoms with van der Waals surface area (Å²) in [4.78, 5) is 13.0. The van der Waals surface area contributed by atoms with Crippen molar-refractivity contribution in [2.45, 2.75) is 32.4 Å². The predicted octanol–water partition coefficient (Wildman–Crippen LogP) is 0.143. The summed E-state index contributed by atoms with van der Waals surface area (Å²) in [6, 6.07) is 0.0203. The minimum Gasteiger partial charge on any atom is -0.480 e. The zero-order valence-corrected chi connectivity index (χ0v) is 8.29. The number of hydrogen-bond donors (Lipinski definition) is 2. The second-order valence-corrected chi connectivity index (χ2v) is 3.55. The van der Waals surface area contributed by atoms with Crippen LogP contribution < -0.4 is 5.32 Å². The molecule has 1 saturated heterocycles. The summed E-state index contributed by atoms with van der Waals surface area (Å²) < 4.78 is 0. The topological polar surface area (TPSA) is 52.6 Å². The number of carboxylic acids is 1. The number of hydrogen-bond acceptors (Lipinski definition) is 3. The summed E-state index contributed by atoms with van der Waals surface area (Å²) in [6.07, 6.45) is 0.680. The highest BCUT2D eigenvalue weighted by Gasteiger charge is 2.29. The molecular formula is C9H18N2O2. The lowest BCUT2D eigenvalue weighted by Gasteiger charge is -2.37. The van der Waals surface area contributed by atoms with Crippen molar-refractivity contribution < 1.29 is 9.90 Å². The standard InChI is InChI=1S/C9H18N2O2/c1-3-8(9(12)13)11-5-4-10-6-7(11)2/h7-8,10H,3-6H2,1-2H3,(H,12,13). The Bertz CT molecular complexity index is 184. The first-order chi connectivity index (χ1) is 6.16. The van der Waals surface area contributed by atoms with Crippen molar-refractivity contribution in [3.63, 3.8) is 0 Å². The Morgan fingerprint density at radius 3 is 2.92 bits per heavy atom. The van der Waals surface area contributed by atoms with E-state index in [-0.39, 0.29) is 6.04 Å². The van der Waals surface area contributed by atoms with Gasteiger partial charge in [-0.25, -0.2) is 0 Å². The molecule has 1 rings (SSSR count). The molecule has 1 heterocycles. The summed E-state index contributed by atoms with van der Waals surface area (Å²) >= 11 is 0. The van der Waals surface area contributed by atoms with Crippen molar-refractivity contribution >= 4 is 5.97 Å². The van der Waals surface area contributed by atoms with Crippen LogP contribution in [0.25, 0.3) is 0 Å². The van der Waals surface area contributed by atoms with Crippen LogP contribution in [0.1, 0.15) is 20.3 Å². The summed E-state index contributed by atoms with van der Waals surface area (Å²) in [6.45, 7) is 6.62. The monoisotopic (exact) mass is 186 g/mol. The number of nitrogens with one attached hydrogen (secondary N) is 1. The molecule has 4 heteroatoms. The molecular weight excluding hydrogens is 168 g/mol. The first kappa shape index (κ1) is 10.5. The molecule has 0 saturated carbocycles. The van der Waals surface area contributed by atoms with Crippen LogP contribution in [0.2, 0.25) is 0 Å². The van der Waals surface area contributed by atoms with E-state index in [1.807, 2.05) is 6.92 Å². The maximum Gasteiger partial charge on any atom is 0.320 e. The van der Waals surface area contributed by atoms with E-state index >= 15 is 0 Å². The van der Waals surface area contributed by atoms with Crippen LogP contribution >= 0.6 is 0 Å². The summed E-state index contributed by atoms with van der Waals surface area (Å²) in [7, 11) is 0. The summed E-state index contributed by atoms with van der Waals surface area (Å²) in [5.41, 5.74) is 0. The maximum atomic E-state index is 10.9. The average molecular weight is 186 g/mol. The van der Waals surface area contributed by atoms with Gasteiger partial charge in [-0.15, -0.1) is 0 Å². The zero-order valence-electron chi connectivity index (χ0n) is 8.29. The fourth-order valence-corrected chi connectivity index (χ4v) is 1.87. The highest BCUT2D eigenvalue weighted by Crippen LogP contribution is 2.11. The number of piperazine rings is 1. The van der Waals surface area contributed by atoms with Gasteiger partial charge in [-0.3, -0.25) is 9.69 Å². The Labute approximate surface area is 78.9 Å². The number of nitrogens with zero attached hydrogens (tertiary/aromatic N) is 1. The third-order valence-electron chi connectivity index (χ3n) is 2.62. The molecule has 76 valence electrons. The van der Waals surface area contributed by atoms with Gasteiger partial charge in [0, 0.05) is 25.7 Å². The Morgan fingerprint density at radius 1 is 1.77 bits per heavy atom. The first-order valence-corrected chi connectivity index (χ1v) is 4.86. The highest BCUT2D eigenvalue weighted by atomic mass is 16.4. The molecule has 0 bridgehead atoms. The van der Waals surface area contributed by atoms with Gasteiger partial charge in [0.05, 0.1) is 0 Å². The van der Waals surface area contributed by atoms with Crippen LogP contribution in [-0.2, 0) is 4.79 Å². The fourth-order valence-electron chi connectivity index (χ4n) is 1.87. The predicted molar refractivity (Wildman–Crippen MR) is 50.8 cm³/mol. The lowest BCUT2D eigenvalue weighted by molar-refractivity contribution is -0.144. The Balaban J connectivity index is 2.60. The van der Waals surface area contributed by atoms with Gasteiger partial charge in [-0.05, 0) is 13.3 Å². The van der Waals surface area contributed by atoms with Crippen LogP contribution in [0.4, 0.5) is 0 Å². The second-order valence-electron chi connectivity index (χ2n) is 3.55. The van der Waals surface area contributed by atoms with Gasteiger partial charge in [0.1, 0.15) is 6.04 Å². The molecule has 0 aliphatic carbocycles. The van der Waals surface area contributed by atoms with Crippen LogP contribution in [0.15, 0.2) is 0 Å². The van der Waals surface area contributed by atoms with Crippen LogP contribution in [0.5, 0.6) is 0 Å². The van der Waals surface area contributed by atoms with E-state index in [1.165, 1.54) is 0 Å². The highest BCUT2D eigenvalue weighted by molar-refractivity contribution is 5.73. The molecule has 2 unspecified atom stereocenters. The van der Waals surface area contributed by atoms with Crippen LogP contribution in [-0.4, -0.2) is 47.7 Å². The van der Waals surface area contributed by atoms with Crippen molar-refractivity contribution in [1.29, 1.82) is 0 Å². The third kappa shape index (κ3) is 2.42. The van der Waals surface area contributed by atoms with Gasteiger partial charge in [-0.1, -0.05) is 6.92 Å². The van der Waals surface area contributed by atoms with E-state index in [1.54, 1.807) is 0 Å². The van der Waals surface area contributed by atoms with Gasteiger partial charge in [-0.2, -0.15) is 0 Å². The summed E-state index contributed by atoms with van der Waals surface area (Å²) in [5, 5.41) is 12.2. The lowest BCUT2D eigenvalue weighted by atomic mass is 10.1. The van der Waals surface area contributed by atoms with Crippen molar-refractivity contribution in [1.82, 2.24) is 10.2 Å². The fraction of sp³-hybridized carbons (Fsp3) is 0.889. The third-order valence-corrected chi connectivity index (χ3v) is 2.62. The van der Waals surface area contributed by atoms with E-state index in [4.69, 9.17) is 5.11 Å². The number of aliphatic carboxylic acids is 1. The SMILES string of the molecule is CCC(C(=O)O)N1CCNCC1C. The quantitative estimate of drug-likeness (QED) is 0.658. The molecule has 0 aromatic heterocycles. The van der Waals surface area contributed by atoms with E-state index in [9.17, 15) is 4.79 Å². The molecule has 2 atom stereocenters. The molecule has 0 spiro atoms.